The number of anilines is 1. The van der Waals surface area contributed by atoms with Gasteiger partial charge in [-0.2, -0.15) is 18.3 Å². The molecule has 0 radical (unpaired) electrons. The van der Waals surface area contributed by atoms with Crippen molar-refractivity contribution >= 4 is 28.6 Å². The highest BCUT2D eigenvalue weighted by atomic mass is 35.5. The van der Waals surface area contributed by atoms with Crippen molar-refractivity contribution in [2.75, 3.05) is 5.43 Å². The Hall–Kier alpha value is -1.96. The van der Waals surface area contributed by atoms with E-state index >= 15 is 0 Å². The predicted octanol–water partition coefficient (Wildman–Crippen LogP) is 4.24. The van der Waals surface area contributed by atoms with Gasteiger partial charge in [0.15, 0.2) is 0 Å². The molecule has 5 nitrogen and oxygen atoms in total. The first-order valence-electron chi connectivity index (χ1n) is 6.59. The number of benzene rings is 1. The Morgan fingerprint density at radius 2 is 1.96 bits per heavy atom. The Kier molecular flexibility index (Phi) is 6.26. The molecular weight excluding hydrogens is 335 g/mol. The second-order valence-corrected chi connectivity index (χ2v) is 5.93. The SMILES string of the molecule is CC(C)(C)OC(=O)NCc1cccc(NN=C(Cl)C(F)(F)F)c1. The van der Waals surface area contributed by atoms with Crippen LogP contribution >= 0.6 is 11.6 Å². The van der Waals surface area contributed by atoms with Gasteiger partial charge in [-0.1, -0.05) is 23.7 Å². The zero-order valence-electron chi connectivity index (χ0n) is 12.8. The van der Waals surface area contributed by atoms with Gasteiger partial charge in [0.2, 0.25) is 5.17 Å². The first-order chi connectivity index (χ1) is 10.5. The standard InChI is InChI=1S/C14H17ClF3N3O2/c1-13(2,3)23-12(22)19-8-9-5-4-6-10(7-9)20-21-11(15)14(16,17)18/h4-7,20H,8H2,1-3H3,(H,19,22). The Labute approximate surface area is 136 Å². The van der Waals surface area contributed by atoms with Crippen LogP contribution in [0.3, 0.4) is 0 Å². The van der Waals surface area contributed by atoms with E-state index in [1.807, 2.05) is 0 Å². The predicted molar refractivity (Wildman–Crippen MR) is 82.5 cm³/mol. The summed E-state index contributed by atoms with van der Waals surface area (Å²) in [5.41, 5.74) is 2.55. The lowest BCUT2D eigenvalue weighted by atomic mass is 10.2. The molecule has 0 bridgehead atoms. The summed E-state index contributed by atoms with van der Waals surface area (Å²) in [6, 6.07) is 6.34. The smallest absolute Gasteiger partial charge is 0.444 e. The van der Waals surface area contributed by atoms with Crippen LogP contribution in [-0.4, -0.2) is 23.0 Å². The van der Waals surface area contributed by atoms with Gasteiger partial charge in [0.25, 0.3) is 0 Å². The minimum Gasteiger partial charge on any atom is -0.444 e. The van der Waals surface area contributed by atoms with E-state index in [1.165, 1.54) is 12.1 Å². The molecule has 0 atom stereocenters. The minimum absolute atomic E-state index is 0.154. The molecule has 0 fully saturated rings. The van der Waals surface area contributed by atoms with Gasteiger partial charge in [-0.25, -0.2) is 4.79 Å². The fourth-order valence-electron chi connectivity index (χ4n) is 1.42. The summed E-state index contributed by atoms with van der Waals surface area (Å²) in [6.07, 6.45) is -5.29. The van der Waals surface area contributed by atoms with Crippen molar-refractivity contribution in [3.8, 4) is 0 Å². The average Bonchev–Trinajstić information content (AvgIpc) is 2.40. The van der Waals surface area contributed by atoms with Crippen LogP contribution in [0.5, 0.6) is 0 Å². The number of alkyl halides is 3. The van der Waals surface area contributed by atoms with Crippen LogP contribution in [0.25, 0.3) is 0 Å². The molecule has 0 aliphatic heterocycles. The third-order valence-corrected chi connectivity index (χ3v) is 2.58. The van der Waals surface area contributed by atoms with Crippen molar-refractivity contribution in [2.45, 2.75) is 39.1 Å². The van der Waals surface area contributed by atoms with Gasteiger partial charge in [0, 0.05) is 6.54 Å². The Morgan fingerprint density at radius 3 is 2.52 bits per heavy atom. The maximum Gasteiger partial charge on any atom is 0.446 e. The lowest BCUT2D eigenvalue weighted by molar-refractivity contribution is -0.0559. The van der Waals surface area contributed by atoms with Gasteiger partial charge < -0.3 is 10.1 Å². The number of halogens is 4. The number of nitrogens with one attached hydrogen (secondary N) is 2. The molecule has 0 unspecified atom stereocenters. The van der Waals surface area contributed by atoms with Crippen molar-refractivity contribution in [3.63, 3.8) is 0 Å². The molecule has 0 aliphatic carbocycles. The number of carbonyl (C=O) groups is 1. The molecule has 1 rings (SSSR count). The van der Waals surface area contributed by atoms with Crippen LogP contribution in [0.15, 0.2) is 29.4 Å². The quantitative estimate of drug-likeness (QED) is 0.630. The highest BCUT2D eigenvalue weighted by Crippen LogP contribution is 2.20. The second-order valence-electron chi connectivity index (χ2n) is 5.57. The van der Waals surface area contributed by atoms with Crippen molar-refractivity contribution in [1.82, 2.24) is 5.32 Å². The zero-order chi connectivity index (χ0) is 17.7. The third-order valence-electron chi connectivity index (χ3n) is 2.28. The van der Waals surface area contributed by atoms with E-state index in [4.69, 9.17) is 16.3 Å². The van der Waals surface area contributed by atoms with Crippen LogP contribution in [0, 0.1) is 0 Å². The first kappa shape index (κ1) is 19.1. The zero-order valence-corrected chi connectivity index (χ0v) is 13.5. The van der Waals surface area contributed by atoms with E-state index in [1.54, 1.807) is 32.9 Å². The molecular formula is C14H17ClF3N3O2. The highest BCUT2D eigenvalue weighted by molar-refractivity contribution is 6.66. The van der Waals surface area contributed by atoms with Crippen molar-refractivity contribution in [3.05, 3.63) is 29.8 Å². The summed E-state index contributed by atoms with van der Waals surface area (Å²) in [6.45, 7) is 5.36. The molecule has 1 aromatic rings. The van der Waals surface area contributed by atoms with Gasteiger partial charge in [-0.15, -0.1) is 0 Å². The minimum atomic E-state index is -4.70. The normalized spacial score (nSPS) is 12.7. The lowest BCUT2D eigenvalue weighted by Crippen LogP contribution is -2.32. The largest absolute Gasteiger partial charge is 0.446 e. The molecule has 128 valence electrons. The number of nitrogens with zero attached hydrogens (tertiary/aromatic N) is 1. The molecule has 1 amide bonds. The fourth-order valence-corrected chi connectivity index (χ4v) is 1.46. The number of hydrogen-bond donors (Lipinski definition) is 2. The number of carbonyl (C=O) groups excluding carboxylic acids is 1. The van der Waals surface area contributed by atoms with Gasteiger partial charge in [0.05, 0.1) is 5.69 Å². The Bertz CT molecular complexity index is 583. The van der Waals surface area contributed by atoms with E-state index in [-0.39, 0.29) is 6.54 Å². The van der Waals surface area contributed by atoms with Crippen molar-refractivity contribution in [1.29, 1.82) is 0 Å². The molecule has 1 aromatic carbocycles. The van der Waals surface area contributed by atoms with Gasteiger partial charge in [-0.05, 0) is 38.5 Å². The van der Waals surface area contributed by atoms with Crippen LogP contribution in [0.4, 0.5) is 23.7 Å². The summed E-state index contributed by atoms with van der Waals surface area (Å²) in [4.78, 5) is 11.5. The van der Waals surface area contributed by atoms with E-state index in [9.17, 15) is 18.0 Å². The molecule has 0 heterocycles. The summed E-state index contributed by atoms with van der Waals surface area (Å²) in [5, 5.41) is 4.08. The van der Waals surface area contributed by atoms with E-state index in [2.05, 4.69) is 15.8 Å². The number of ether oxygens (including phenoxy) is 1. The highest BCUT2D eigenvalue weighted by Gasteiger charge is 2.34. The summed E-state index contributed by atoms with van der Waals surface area (Å²) in [7, 11) is 0. The summed E-state index contributed by atoms with van der Waals surface area (Å²) >= 11 is 5.00. The molecule has 0 aromatic heterocycles. The number of hydrazone groups is 1. The molecule has 0 spiro atoms. The van der Waals surface area contributed by atoms with E-state index < -0.39 is 23.0 Å². The second kappa shape index (κ2) is 7.54. The van der Waals surface area contributed by atoms with Crippen LogP contribution in [0.2, 0.25) is 0 Å². The molecule has 0 aliphatic rings. The molecule has 0 saturated carbocycles. The first-order valence-corrected chi connectivity index (χ1v) is 6.97. The maximum atomic E-state index is 12.2. The van der Waals surface area contributed by atoms with Crippen LogP contribution < -0.4 is 10.7 Å². The Morgan fingerprint density at radius 1 is 1.30 bits per heavy atom. The maximum absolute atomic E-state index is 12.2. The average molecular weight is 352 g/mol. The van der Waals surface area contributed by atoms with E-state index in [0.717, 1.165) is 0 Å². The topological polar surface area (TPSA) is 62.7 Å². The monoisotopic (exact) mass is 351 g/mol. The summed E-state index contributed by atoms with van der Waals surface area (Å²) < 4.78 is 41.7. The van der Waals surface area contributed by atoms with Crippen LogP contribution in [0.1, 0.15) is 26.3 Å². The number of alkyl carbamates (subject to hydrolysis) is 1. The Balaban J connectivity index is 2.62. The van der Waals surface area contributed by atoms with Gasteiger partial charge in [0.1, 0.15) is 5.60 Å². The number of rotatable bonds is 4. The van der Waals surface area contributed by atoms with E-state index in [0.29, 0.717) is 11.3 Å². The molecule has 9 heteroatoms. The molecule has 0 saturated heterocycles. The van der Waals surface area contributed by atoms with Crippen LogP contribution in [-0.2, 0) is 11.3 Å². The molecule has 2 N–H and O–H groups in total. The third kappa shape index (κ3) is 7.73. The summed E-state index contributed by atoms with van der Waals surface area (Å²) in [5.74, 6) is 0. The van der Waals surface area contributed by atoms with Crippen molar-refractivity contribution in [2.24, 2.45) is 5.10 Å². The molecule has 23 heavy (non-hydrogen) atoms. The van der Waals surface area contributed by atoms with Gasteiger partial charge in [-0.3, -0.25) is 5.43 Å². The fraction of sp³-hybridized carbons (Fsp3) is 0.429. The van der Waals surface area contributed by atoms with Gasteiger partial charge >= 0.3 is 12.3 Å². The van der Waals surface area contributed by atoms with Crippen molar-refractivity contribution < 1.29 is 22.7 Å². The lowest BCUT2D eigenvalue weighted by Gasteiger charge is -2.19. The number of amides is 1. The number of hydrogen-bond acceptors (Lipinski definition) is 4.